The van der Waals surface area contributed by atoms with Crippen molar-refractivity contribution in [1.29, 1.82) is 0 Å². The maximum absolute atomic E-state index is 12.2. The van der Waals surface area contributed by atoms with Gasteiger partial charge >= 0.3 is 0 Å². The molecule has 1 aliphatic carbocycles. The lowest BCUT2D eigenvalue weighted by molar-refractivity contribution is -0.121. The van der Waals surface area contributed by atoms with E-state index >= 15 is 0 Å². The zero-order valence-corrected chi connectivity index (χ0v) is 12.7. The van der Waals surface area contributed by atoms with Crippen molar-refractivity contribution in [2.45, 2.75) is 50.1 Å². The highest BCUT2D eigenvalue weighted by Gasteiger charge is 2.41. The zero-order valence-electron chi connectivity index (χ0n) is 12.7. The van der Waals surface area contributed by atoms with Crippen LogP contribution in [0.25, 0.3) is 0 Å². The Hall–Kier alpha value is -1.55. The average molecular weight is 288 g/mol. The van der Waals surface area contributed by atoms with E-state index in [2.05, 4.69) is 10.6 Å². The first-order valence-corrected chi connectivity index (χ1v) is 7.86. The summed E-state index contributed by atoms with van der Waals surface area (Å²) in [5.74, 6) is 0.950. The lowest BCUT2D eigenvalue weighted by Crippen LogP contribution is -2.59. The van der Waals surface area contributed by atoms with Crippen molar-refractivity contribution in [1.82, 2.24) is 10.6 Å². The molecule has 1 aromatic carbocycles. The highest BCUT2D eigenvalue weighted by molar-refractivity contribution is 5.78. The molecule has 114 valence electrons. The minimum atomic E-state index is 0.126. The Balaban J connectivity index is 1.51. The van der Waals surface area contributed by atoms with Crippen LogP contribution >= 0.6 is 0 Å². The molecule has 1 aliphatic heterocycles. The van der Waals surface area contributed by atoms with Crippen LogP contribution in [0.2, 0.25) is 0 Å². The predicted octanol–water partition coefficient (Wildman–Crippen LogP) is 2.03. The van der Waals surface area contributed by atoms with Crippen molar-refractivity contribution in [3.63, 3.8) is 0 Å². The molecule has 1 amide bonds. The third-order valence-corrected chi connectivity index (χ3v) is 4.83. The molecule has 0 bridgehead atoms. The standard InChI is InChI=1S/C17H24N2O2/c1-21-15-5-3-13(4-6-15)11-16(20)19-14-7-10-18-17(12-14)8-2-9-17/h3-6,14,18H,2,7-12H2,1H3,(H,19,20). The van der Waals surface area contributed by atoms with Gasteiger partial charge in [-0.25, -0.2) is 0 Å². The van der Waals surface area contributed by atoms with Crippen LogP contribution in [0, 0.1) is 0 Å². The SMILES string of the molecule is COc1ccc(CC(=O)NC2CCNC3(CCC3)C2)cc1. The molecule has 1 unspecified atom stereocenters. The normalized spacial score (nSPS) is 23.4. The number of ether oxygens (including phenoxy) is 1. The first-order chi connectivity index (χ1) is 10.2. The Kier molecular flexibility index (Phi) is 4.15. The summed E-state index contributed by atoms with van der Waals surface area (Å²) in [7, 11) is 1.65. The van der Waals surface area contributed by atoms with E-state index in [9.17, 15) is 4.79 Å². The molecule has 1 spiro atoms. The van der Waals surface area contributed by atoms with Crippen LogP contribution in [0.15, 0.2) is 24.3 Å². The van der Waals surface area contributed by atoms with Gasteiger partial charge in [0.1, 0.15) is 5.75 Å². The number of methoxy groups -OCH3 is 1. The minimum absolute atomic E-state index is 0.126. The van der Waals surface area contributed by atoms with Crippen molar-refractivity contribution < 1.29 is 9.53 Å². The first-order valence-electron chi connectivity index (χ1n) is 7.86. The van der Waals surface area contributed by atoms with Crippen LogP contribution in [-0.4, -0.2) is 31.1 Å². The number of piperidine rings is 1. The van der Waals surface area contributed by atoms with E-state index in [0.717, 1.165) is 30.7 Å². The fourth-order valence-electron chi connectivity index (χ4n) is 3.47. The highest BCUT2D eigenvalue weighted by Crippen LogP contribution is 2.38. The summed E-state index contributed by atoms with van der Waals surface area (Å²) in [5.41, 5.74) is 1.36. The Labute approximate surface area is 126 Å². The number of carbonyl (C=O) groups is 1. The van der Waals surface area contributed by atoms with E-state index in [4.69, 9.17) is 4.74 Å². The molecular weight excluding hydrogens is 264 g/mol. The van der Waals surface area contributed by atoms with Crippen LogP contribution in [0.4, 0.5) is 0 Å². The van der Waals surface area contributed by atoms with Crippen LogP contribution in [0.5, 0.6) is 5.75 Å². The van der Waals surface area contributed by atoms with E-state index < -0.39 is 0 Å². The van der Waals surface area contributed by atoms with E-state index in [1.54, 1.807) is 7.11 Å². The fourth-order valence-corrected chi connectivity index (χ4v) is 3.47. The largest absolute Gasteiger partial charge is 0.497 e. The van der Waals surface area contributed by atoms with Crippen LogP contribution < -0.4 is 15.4 Å². The maximum atomic E-state index is 12.2. The van der Waals surface area contributed by atoms with Crippen molar-refractivity contribution in [2.24, 2.45) is 0 Å². The quantitative estimate of drug-likeness (QED) is 0.891. The van der Waals surface area contributed by atoms with Crippen LogP contribution in [0.3, 0.4) is 0 Å². The van der Waals surface area contributed by atoms with Gasteiger partial charge in [-0.15, -0.1) is 0 Å². The summed E-state index contributed by atoms with van der Waals surface area (Å²) in [5, 5.41) is 6.84. The molecule has 4 nitrogen and oxygen atoms in total. The first kappa shape index (κ1) is 14.4. The Morgan fingerprint density at radius 1 is 1.38 bits per heavy atom. The molecule has 1 saturated carbocycles. The van der Waals surface area contributed by atoms with Crippen molar-refractivity contribution >= 4 is 5.91 Å². The molecule has 1 heterocycles. The molecular formula is C17H24N2O2. The molecule has 1 aromatic rings. The van der Waals surface area contributed by atoms with E-state index in [-0.39, 0.29) is 5.91 Å². The van der Waals surface area contributed by atoms with Gasteiger partial charge in [0.25, 0.3) is 0 Å². The lowest BCUT2D eigenvalue weighted by Gasteiger charge is -2.48. The summed E-state index contributed by atoms with van der Waals surface area (Å²) in [6.45, 7) is 1.02. The Bertz CT molecular complexity index is 494. The minimum Gasteiger partial charge on any atom is -0.497 e. The summed E-state index contributed by atoms with van der Waals surface area (Å²) >= 11 is 0. The summed E-state index contributed by atoms with van der Waals surface area (Å²) in [6, 6.07) is 8.03. The number of benzene rings is 1. The van der Waals surface area contributed by atoms with Gasteiger partial charge in [-0.3, -0.25) is 4.79 Å². The molecule has 2 aliphatic rings. The molecule has 4 heteroatoms. The second-order valence-electron chi connectivity index (χ2n) is 6.34. The number of amides is 1. The number of carbonyl (C=O) groups excluding carboxylic acids is 1. The number of hydrogen-bond donors (Lipinski definition) is 2. The molecule has 2 fully saturated rings. The van der Waals surface area contributed by atoms with Crippen molar-refractivity contribution in [2.75, 3.05) is 13.7 Å². The van der Waals surface area contributed by atoms with Crippen molar-refractivity contribution in [3.05, 3.63) is 29.8 Å². The van der Waals surface area contributed by atoms with Gasteiger partial charge in [-0.2, -0.15) is 0 Å². The molecule has 21 heavy (non-hydrogen) atoms. The van der Waals surface area contributed by atoms with Crippen molar-refractivity contribution in [3.8, 4) is 5.75 Å². The zero-order chi connectivity index (χ0) is 14.7. The topological polar surface area (TPSA) is 50.4 Å². The maximum Gasteiger partial charge on any atom is 0.224 e. The lowest BCUT2D eigenvalue weighted by atomic mass is 9.70. The van der Waals surface area contributed by atoms with Gasteiger partial charge in [0, 0.05) is 11.6 Å². The number of rotatable bonds is 4. The van der Waals surface area contributed by atoms with Gasteiger partial charge in [0.05, 0.1) is 13.5 Å². The monoisotopic (exact) mass is 288 g/mol. The third-order valence-electron chi connectivity index (χ3n) is 4.83. The second kappa shape index (κ2) is 6.06. The van der Waals surface area contributed by atoms with E-state index in [1.165, 1.54) is 19.3 Å². The van der Waals surface area contributed by atoms with Gasteiger partial charge in [0.15, 0.2) is 0 Å². The van der Waals surface area contributed by atoms with Gasteiger partial charge < -0.3 is 15.4 Å². The van der Waals surface area contributed by atoms with Gasteiger partial charge in [-0.1, -0.05) is 12.1 Å². The molecule has 1 saturated heterocycles. The summed E-state index contributed by atoms with van der Waals surface area (Å²) in [6.07, 6.45) is 6.41. The highest BCUT2D eigenvalue weighted by atomic mass is 16.5. The Morgan fingerprint density at radius 2 is 2.14 bits per heavy atom. The van der Waals surface area contributed by atoms with E-state index in [0.29, 0.717) is 18.0 Å². The fraction of sp³-hybridized carbons (Fsp3) is 0.588. The summed E-state index contributed by atoms with van der Waals surface area (Å²) in [4.78, 5) is 12.2. The van der Waals surface area contributed by atoms with Crippen LogP contribution in [0.1, 0.15) is 37.7 Å². The number of hydrogen-bond acceptors (Lipinski definition) is 3. The van der Waals surface area contributed by atoms with E-state index in [1.807, 2.05) is 24.3 Å². The molecule has 2 N–H and O–H groups in total. The molecule has 0 radical (unpaired) electrons. The molecule has 0 aromatic heterocycles. The van der Waals surface area contributed by atoms with Gasteiger partial charge in [0.2, 0.25) is 5.91 Å². The Morgan fingerprint density at radius 3 is 2.76 bits per heavy atom. The second-order valence-corrected chi connectivity index (χ2v) is 6.34. The number of nitrogens with one attached hydrogen (secondary N) is 2. The van der Waals surface area contributed by atoms with Crippen LogP contribution in [-0.2, 0) is 11.2 Å². The average Bonchev–Trinajstić information content (AvgIpc) is 2.46. The smallest absolute Gasteiger partial charge is 0.224 e. The summed E-state index contributed by atoms with van der Waals surface area (Å²) < 4.78 is 5.13. The molecule has 1 atom stereocenters. The third kappa shape index (κ3) is 3.38. The molecule has 3 rings (SSSR count). The van der Waals surface area contributed by atoms with Gasteiger partial charge in [-0.05, 0) is 56.3 Å². The predicted molar refractivity (Wildman–Crippen MR) is 82.4 cm³/mol.